The van der Waals surface area contributed by atoms with Gasteiger partial charge in [-0.05, 0) is 64.2 Å². The number of unbranched alkanes of at least 4 members (excludes halogenated alkanes) is 15. The Bertz CT molecular complexity index is 636. The summed E-state index contributed by atoms with van der Waals surface area (Å²) < 4.78 is 4.90. The van der Waals surface area contributed by atoms with Crippen molar-refractivity contribution in [1.29, 1.82) is 0 Å². The predicted octanol–water partition coefficient (Wildman–Crippen LogP) is 6.75. The first-order valence-corrected chi connectivity index (χ1v) is 15.8. The maximum Gasteiger partial charge on any atom is 0.330 e. The average molecular weight is 601 g/mol. The molecule has 246 valence electrons. The van der Waals surface area contributed by atoms with Crippen LogP contribution in [0.2, 0.25) is 0 Å². The number of allylic oxidation sites excluding steroid dienone is 3. The molecule has 0 rings (SSSR count). The van der Waals surface area contributed by atoms with Crippen molar-refractivity contribution < 1.29 is 44.7 Å². The van der Waals surface area contributed by atoms with E-state index in [9.17, 15) is 14.4 Å². The van der Waals surface area contributed by atoms with E-state index in [-0.39, 0.29) is 19.2 Å². The molecule has 0 aliphatic carbocycles. The van der Waals surface area contributed by atoms with Gasteiger partial charge in [0, 0.05) is 38.0 Å². The van der Waals surface area contributed by atoms with Crippen molar-refractivity contribution in [2.24, 2.45) is 0 Å². The molecule has 0 fully saturated rings. The topological polar surface area (TPSA) is 162 Å². The van der Waals surface area contributed by atoms with Crippen LogP contribution < -0.4 is 0 Å². The van der Waals surface area contributed by atoms with Gasteiger partial charge >= 0.3 is 17.9 Å². The van der Waals surface area contributed by atoms with Crippen LogP contribution in [0.25, 0.3) is 0 Å². The average Bonchev–Trinajstić information content (AvgIpc) is 2.96. The van der Waals surface area contributed by atoms with Crippen LogP contribution in [0.1, 0.15) is 129 Å². The number of aliphatic hydroxyl groups is 3. The lowest BCUT2D eigenvalue weighted by Crippen LogP contribution is -2.00. The lowest BCUT2D eigenvalue weighted by Gasteiger charge is -1.98. The summed E-state index contributed by atoms with van der Waals surface area (Å²) in [6, 6.07) is 0. The van der Waals surface area contributed by atoms with E-state index < -0.39 is 11.9 Å². The molecule has 0 aromatic carbocycles. The molecule has 0 saturated carbocycles. The fourth-order valence-electron chi connectivity index (χ4n) is 3.51. The summed E-state index contributed by atoms with van der Waals surface area (Å²) in [5.74, 6) is -1.98. The van der Waals surface area contributed by atoms with Gasteiger partial charge in [0.1, 0.15) is 0 Å². The number of hydrogen-bond donors (Lipinski definition) is 5. The zero-order chi connectivity index (χ0) is 31.9. The highest BCUT2D eigenvalue weighted by Gasteiger charge is 1.94. The Morgan fingerprint density at radius 3 is 1.12 bits per heavy atom. The van der Waals surface area contributed by atoms with Gasteiger partial charge in [-0.25, -0.2) is 14.4 Å². The summed E-state index contributed by atoms with van der Waals surface area (Å²) in [5.41, 5.74) is 0. The lowest BCUT2D eigenvalue weighted by molar-refractivity contribution is -0.138. The minimum absolute atomic E-state index is 0.234. The first kappa shape index (κ1) is 44.0. The molecule has 0 aromatic heterocycles. The molecule has 0 heterocycles. The lowest BCUT2D eigenvalue weighted by atomic mass is 10.1. The highest BCUT2D eigenvalue weighted by atomic mass is 16.5. The maximum absolute atomic E-state index is 11.0. The number of ether oxygens (including phenoxy) is 1. The SMILES string of the molecule is CCCOC(=O)C=CCCCCCCCO.O=C(O)C=CCCCCCCCO.O=C(O)C=CCCCCCCCO. The summed E-state index contributed by atoms with van der Waals surface area (Å²) in [4.78, 5) is 31.2. The van der Waals surface area contributed by atoms with Gasteiger partial charge in [0.25, 0.3) is 0 Å². The standard InChI is InChI=1S/C13H24O3.2C10H18O3/c1-2-12-16-13(15)10-8-6-4-3-5-7-9-11-14;2*11-9-7-5-3-1-2-4-6-8-10(12)13/h8,10,14H,2-7,9,11-12H2,1H3;2*6,8,11H,1-5,7,9H2,(H,12,13). The maximum atomic E-state index is 11.0. The van der Waals surface area contributed by atoms with E-state index >= 15 is 0 Å². The van der Waals surface area contributed by atoms with Crippen molar-refractivity contribution in [3.8, 4) is 0 Å². The summed E-state index contributed by atoms with van der Waals surface area (Å²) >= 11 is 0. The largest absolute Gasteiger partial charge is 0.478 e. The van der Waals surface area contributed by atoms with Crippen molar-refractivity contribution in [3.63, 3.8) is 0 Å². The molecule has 0 aromatic rings. The van der Waals surface area contributed by atoms with Crippen molar-refractivity contribution in [2.75, 3.05) is 26.4 Å². The van der Waals surface area contributed by atoms with E-state index in [1.54, 1.807) is 12.2 Å². The molecule has 0 unspecified atom stereocenters. The van der Waals surface area contributed by atoms with Gasteiger partial charge in [-0.1, -0.05) is 82.9 Å². The molecular weight excluding hydrogens is 540 g/mol. The third kappa shape index (κ3) is 50.4. The first-order valence-electron chi connectivity index (χ1n) is 15.8. The Balaban J connectivity index is -0.000000548. The number of esters is 1. The number of hydrogen-bond acceptors (Lipinski definition) is 7. The van der Waals surface area contributed by atoms with Gasteiger partial charge in [-0.2, -0.15) is 0 Å². The Morgan fingerprint density at radius 1 is 0.500 bits per heavy atom. The number of aliphatic hydroxyl groups excluding tert-OH is 3. The molecular formula is C33H60O9. The minimum atomic E-state index is -0.875. The van der Waals surface area contributed by atoms with Crippen LogP contribution in [0.15, 0.2) is 36.5 Å². The molecule has 0 aliphatic rings. The third-order valence-corrected chi connectivity index (χ3v) is 5.81. The molecule has 0 bridgehead atoms. The molecule has 42 heavy (non-hydrogen) atoms. The quantitative estimate of drug-likeness (QED) is 0.0411. The fourth-order valence-corrected chi connectivity index (χ4v) is 3.51. The van der Waals surface area contributed by atoms with Crippen LogP contribution >= 0.6 is 0 Å². The molecule has 0 spiro atoms. The van der Waals surface area contributed by atoms with Crippen molar-refractivity contribution in [3.05, 3.63) is 36.5 Å². The fraction of sp³-hybridized carbons (Fsp3) is 0.727. The zero-order valence-corrected chi connectivity index (χ0v) is 26.1. The predicted molar refractivity (Wildman–Crippen MR) is 168 cm³/mol. The summed E-state index contributed by atoms with van der Waals surface area (Å²) in [6.45, 7) is 3.33. The second-order valence-electron chi connectivity index (χ2n) is 9.89. The van der Waals surface area contributed by atoms with Gasteiger partial charge in [-0.15, -0.1) is 0 Å². The zero-order valence-electron chi connectivity index (χ0n) is 26.1. The number of carbonyl (C=O) groups excluding carboxylic acids is 1. The number of carboxylic acid groups (broad SMARTS) is 2. The van der Waals surface area contributed by atoms with Crippen LogP contribution in [0.4, 0.5) is 0 Å². The monoisotopic (exact) mass is 600 g/mol. The molecule has 0 saturated heterocycles. The van der Waals surface area contributed by atoms with E-state index in [0.717, 1.165) is 122 Å². The smallest absolute Gasteiger partial charge is 0.330 e. The molecule has 9 heteroatoms. The molecule has 0 atom stereocenters. The Labute approximate surface area is 254 Å². The van der Waals surface area contributed by atoms with Crippen LogP contribution in [0.3, 0.4) is 0 Å². The molecule has 0 amide bonds. The Hall–Kier alpha value is -2.49. The molecule has 0 aliphatic heterocycles. The summed E-state index contributed by atoms with van der Waals surface area (Å²) in [7, 11) is 0. The minimum Gasteiger partial charge on any atom is -0.478 e. The highest BCUT2D eigenvalue weighted by molar-refractivity contribution is 5.81. The van der Waals surface area contributed by atoms with Crippen LogP contribution in [-0.4, -0.2) is 69.9 Å². The number of carbonyl (C=O) groups is 3. The summed E-state index contributed by atoms with van der Waals surface area (Å²) in [5, 5.41) is 42.1. The van der Waals surface area contributed by atoms with E-state index in [1.807, 2.05) is 13.0 Å². The van der Waals surface area contributed by atoms with Crippen LogP contribution in [0.5, 0.6) is 0 Å². The van der Waals surface area contributed by atoms with Crippen LogP contribution in [0, 0.1) is 0 Å². The van der Waals surface area contributed by atoms with E-state index in [1.165, 1.54) is 18.2 Å². The normalized spacial score (nSPS) is 10.9. The van der Waals surface area contributed by atoms with Gasteiger partial charge in [0.2, 0.25) is 0 Å². The summed E-state index contributed by atoms with van der Waals surface area (Å²) in [6.07, 6.45) is 28.5. The van der Waals surface area contributed by atoms with Crippen molar-refractivity contribution >= 4 is 17.9 Å². The van der Waals surface area contributed by atoms with E-state index in [0.29, 0.717) is 13.2 Å². The van der Waals surface area contributed by atoms with Crippen LogP contribution in [-0.2, 0) is 19.1 Å². The van der Waals surface area contributed by atoms with Crippen molar-refractivity contribution in [2.45, 2.75) is 129 Å². The number of rotatable bonds is 26. The van der Waals surface area contributed by atoms with Gasteiger partial charge < -0.3 is 30.3 Å². The highest BCUT2D eigenvalue weighted by Crippen LogP contribution is 2.07. The second-order valence-corrected chi connectivity index (χ2v) is 9.89. The molecule has 5 N–H and O–H groups in total. The van der Waals surface area contributed by atoms with E-state index in [4.69, 9.17) is 30.3 Å². The molecule has 9 nitrogen and oxygen atoms in total. The van der Waals surface area contributed by atoms with Gasteiger partial charge in [0.05, 0.1) is 6.61 Å². The van der Waals surface area contributed by atoms with Gasteiger partial charge in [-0.3, -0.25) is 0 Å². The van der Waals surface area contributed by atoms with Crippen molar-refractivity contribution in [1.82, 2.24) is 0 Å². The Kier molecular flexibility index (Phi) is 42.5. The third-order valence-electron chi connectivity index (χ3n) is 5.81. The second kappa shape index (κ2) is 40.6. The van der Waals surface area contributed by atoms with Gasteiger partial charge in [0.15, 0.2) is 0 Å². The number of aliphatic carboxylic acids is 2. The molecule has 0 radical (unpaired) electrons. The van der Waals surface area contributed by atoms with E-state index in [2.05, 4.69) is 0 Å². The Morgan fingerprint density at radius 2 is 0.810 bits per heavy atom. The number of carboxylic acids is 2. The first-order chi connectivity index (χ1) is 20.3.